The molecule has 0 aromatic heterocycles. The second-order valence-corrected chi connectivity index (χ2v) is 7.23. The van der Waals surface area contributed by atoms with Crippen LogP contribution in [0.3, 0.4) is 0 Å². The Morgan fingerprint density at radius 2 is 1.79 bits per heavy atom. The van der Waals surface area contributed by atoms with Gasteiger partial charge in [0, 0.05) is 19.1 Å². The van der Waals surface area contributed by atoms with Crippen molar-refractivity contribution in [3.63, 3.8) is 0 Å². The zero-order chi connectivity index (χ0) is 13.9. The smallest absolute Gasteiger partial charge is 0.223 e. The highest BCUT2D eigenvalue weighted by molar-refractivity contribution is 5.78. The predicted octanol–water partition coefficient (Wildman–Crippen LogP) is 2.73. The van der Waals surface area contributed by atoms with E-state index < -0.39 is 0 Å². The molecule has 19 heavy (non-hydrogen) atoms. The molecule has 0 aromatic rings. The zero-order valence-corrected chi connectivity index (χ0v) is 12.5. The van der Waals surface area contributed by atoms with Gasteiger partial charge in [0.25, 0.3) is 0 Å². The van der Waals surface area contributed by atoms with Crippen LogP contribution in [0.25, 0.3) is 0 Å². The summed E-state index contributed by atoms with van der Waals surface area (Å²) in [6.07, 6.45) is 7.89. The molecule has 2 N–H and O–H groups in total. The SMILES string of the molecule is CC(C)(CNC(=O)C1CCC(CO)CC1)C1CCC1. The number of rotatable bonds is 5. The van der Waals surface area contributed by atoms with E-state index in [0.29, 0.717) is 5.92 Å². The van der Waals surface area contributed by atoms with Gasteiger partial charge in [-0.2, -0.15) is 0 Å². The van der Waals surface area contributed by atoms with Gasteiger partial charge in [-0.25, -0.2) is 0 Å². The number of carbonyl (C=O) groups is 1. The largest absolute Gasteiger partial charge is 0.396 e. The average Bonchev–Trinajstić information content (AvgIpc) is 2.33. The van der Waals surface area contributed by atoms with E-state index in [1.54, 1.807) is 0 Å². The van der Waals surface area contributed by atoms with Gasteiger partial charge in [0.05, 0.1) is 0 Å². The maximum atomic E-state index is 12.2. The summed E-state index contributed by atoms with van der Waals surface area (Å²) in [4.78, 5) is 12.2. The van der Waals surface area contributed by atoms with Gasteiger partial charge in [0.15, 0.2) is 0 Å². The molecule has 0 saturated heterocycles. The van der Waals surface area contributed by atoms with E-state index in [0.717, 1.165) is 38.1 Å². The summed E-state index contributed by atoms with van der Waals surface area (Å²) in [6.45, 7) is 5.65. The van der Waals surface area contributed by atoms with E-state index in [1.165, 1.54) is 19.3 Å². The molecule has 2 rings (SSSR count). The maximum Gasteiger partial charge on any atom is 0.223 e. The fourth-order valence-corrected chi connectivity index (χ4v) is 3.40. The molecular weight excluding hydrogens is 238 g/mol. The fourth-order valence-electron chi connectivity index (χ4n) is 3.40. The van der Waals surface area contributed by atoms with Gasteiger partial charge in [-0.3, -0.25) is 4.79 Å². The van der Waals surface area contributed by atoms with Gasteiger partial charge in [-0.05, 0) is 55.8 Å². The van der Waals surface area contributed by atoms with E-state index in [-0.39, 0.29) is 23.8 Å². The molecule has 2 aliphatic carbocycles. The summed E-state index contributed by atoms with van der Waals surface area (Å²) >= 11 is 0. The Labute approximate surface area is 117 Å². The Bertz CT molecular complexity index is 302. The van der Waals surface area contributed by atoms with Crippen molar-refractivity contribution in [1.82, 2.24) is 5.32 Å². The lowest BCUT2D eigenvalue weighted by Crippen LogP contribution is -2.43. The van der Waals surface area contributed by atoms with Crippen LogP contribution in [-0.4, -0.2) is 24.2 Å². The number of nitrogens with one attached hydrogen (secondary N) is 1. The van der Waals surface area contributed by atoms with Crippen molar-refractivity contribution >= 4 is 5.91 Å². The Kier molecular flexibility index (Phi) is 4.88. The monoisotopic (exact) mass is 267 g/mol. The molecule has 110 valence electrons. The van der Waals surface area contributed by atoms with Gasteiger partial charge in [-0.15, -0.1) is 0 Å². The van der Waals surface area contributed by atoms with Crippen molar-refractivity contribution in [2.24, 2.45) is 23.2 Å². The highest BCUT2D eigenvalue weighted by Gasteiger charge is 2.34. The van der Waals surface area contributed by atoms with E-state index in [2.05, 4.69) is 19.2 Å². The molecule has 0 aromatic carbocycles. The van der Waals surface area contributed by atoms with E-state index in [9.17, 15) is 4.79 Å². The molecule has 2 aliphatic rings. The third-order valence-electron chi connectivity index (χ3n) is 5.40. The van der Waals surface area contributed by atoms with Crippen LogP contribution in [0.2, 0.25) is 0 Å². The Morgan fingerprint density at radius 3 is 2.26 bits per heavy atom. The molecule has 3 heteroatoms. The summed E-state index contributed by atoms with van der Waals surface area (Å²) in [5, 5.41) is 12.3. The van der Waals surface area contributed by atoms with Crippen LogP contribution in [0.15, 0.2) is 0 Å². The first kappa shape index (κ1) is 14.8. The van der Waals surface area contributed by atoms with Crippen molar-refractivity contribution in [3.8, 4) is 0 Å². The second kappa shape index (κ2) is 6.25. The number of carbonyl (C=O) groups excluding carboxylic acids is 1. The summed E-state index contributed by atoms with van der Waals surface area (Å²) < 4.78 is 0. The first-order valence-electron chi connectivity index (χ1n) is 7.91. The molecule has 2 saturated carbocycles. The minimum Gasteiger partial charge on any atom is -0.396 e. The van der Waals surface area contributed by atoms with Crippen LogP contribution in [0.1, 0.15) is 58.8 Å². The highest BCUT2D eigenvalue weighted by Crippen LogP contribution is 2.41. The average molecular weight is 267 g/mol. The lowest BCUT2D eigenvalue weighted by molar-refractivity contribution is -0.127. The molecule has 0 radical (unpaired) electrons. The summed E-state index contributed by atoms with van der Waals surface area (Å²) in [6, 6.07) is 0. The second-order valence-electron chi connectivity index (χ2n) is 7.23. The molecule has 1 amide bonds. The fraction of sp³-hybridized carbons (Fsp3) is 0.938. The van der Waals surface area contributed by atoms with E-state index >= 15 is 0 Å². The van der Waals surface area contributed by atoms with Crippen LogP contribution < -0.4 is 5.32 Å². The quantitative estimate of drug-likeness (QED) is 0.804. The highest BCUT2D eigenvalue weighted by atomic mass is 16.3. The Hall–Kier alpha value is -0.570. The van der Waals surface area contributed by atoms with E-state index in [4.69, 9.17) is 5.11 Å². The number of aliphatic hydroxyl groups is 1. The minimum atomic E-state index is 0.181. The van der Waals surface area contributed by atoms with Crippen LogP contribution >= 0.6 is 0 Å². The number of aliphatic hydroxyl groups excluding tert-OH is 1. The van der Waals surface area contributed by atoms with Crippen molar-refractivity contribution in [2.45, 2.75) is 58.8 Å². The molecule has 0 atom stereocenters. The summed E-state index contributed by atoms with van der Waals surface area (Å²) in [5.41, 5.74) is 0.246. The maximum absolute atomic E-state index is 12.2. The van der Waals surface area contributed by atoms with Crippen molar-refractivity contribution in [1.29, 1.82) is 0 Å². The molecule has 0 aliphatic heterocycles. The van der Waals surface area contributed by atoms with Crippen molar-refractivity contribution in [2.75, 3.05) is 13.2 Å². The normalized spacial score (nSPS) is 28.8. The topological polar surface area (TPSA) is 49.3 Å². The zero-order valence-electron chi connectivity index (χ0n) is 12.5. The first-order valence-corrected chi connectivity index (χ1v) is 7.91. The Morgan fingerprint density at radius 1 is 1.16 bits per heavy atom. The molecule has 0 heterocycles. The summed E-state index contributed by atoms with van der Waals surface area (Å²) in [7, 11) is 0. The van der Waals surface area contributed by atoms with Crippen LogP contribution in [0, 0.1) is 23.2 Å². The van der Waals surface area contributed by atoms with Gasteiger partial charge in [0.1, 0.15) is 0 Å². The van der Waals surface area contributed by atoms with Crippen LogP contribution in [0.5, 0.6) is 0 Å². The Balaban J connectivity index is 1.72. The van der Waals surface area contributed by atoms with Crippen molar-refractivity contribution in [3.05, 3.63) is 0 Å². The molecule has 3 nitrogen and oxygen atoms in total. The van der Waals surface area contributed by atoms with Crippen LogP contribution in [-0.2, 0) is 4.79 Å². The minimum absolute atomic E-state index is 0.181. The molecule has 0 bridgehead atoms. The predicted molar refractivity (Wildman–Crippen MR) is 76.7 cm³/mol. The van der Waals surface area contributed by atoms with Gasteiger partial charge in [-0.1, -0.05) is 20.3 Å². The molecular formula is C16H29NO2. The molecule has 2 fully saturated rings. The first-order chi connectivity index (χ1) is 9.03. The third kappa shape index (κ3) is 3.71. The lowest BCUT2D eigenvalue weighted by atomic mass is 9.67. The third-order valence-corrected chi connectivity index (χ3v) is 5.40. The lowest BCUT2D eigenvalue weighted by Gasteiger charge is -2.40. The summed E-state index contributed by atoms with van der Waals surface area (Å²) in [5.74, 6) is 1.64. The molecule has 0 unspecified atom stereocenters. The van der Waals surface area contributed by atoms with Crippen molar-refractivity contribution < 1.29 is 9.90 Å². The van der Waals surface area contributed by atoms with E-state index in [1.807, 2.05) is 0 Å². The number of amides is 1. The molecule has 0 spiro atoms. The van der Waals surface area contributed by atoms with Gasteiger partial charge < -0.3 is 10.4 Å². The van der Waals surface area contributed by atoms with Gasteiger partial charge in [0.2, 0.25) is 5.91 Å². The van der Waals surface area contributed by atoms with Gasteiger partial charge >= 0.3 is 0 Å². The van der Waals surface area contributed by atoms with Crippen LogP contribution in [0.4, 0.5) is 0 Å². The number of hydrogen-bond donors (Lipinski definition) is 2. The number of hydrogen-bond acceptors (Lipinski definition) is 2. The standard InChI is InChI=1S/C16H29NO2/c1-16(2,14-4-3-5-14)11-17-15(19)13-8-6-12(10-18)7-9-13/h12-14,18H,3-11H2,1-2H3,(H,17,19).